The molecule has 0 aliphatic rings. The summed E-state index contributed by atoms with van der Waals surface area (Å²) in [4.78, 5) is 47.5. The lowest BCUT2D eigenvalue weighted by Crippen LogP contribution is -2.40. The Hall–Kier alpha value is -9.87. The zero-order chi connectivity index (χ0) is 50.7. The van der Waals surface area contributed by atoms with Gasteiger partial charge in [-0.05, 0) is 106 Å². The van der Waals surface area contributed by atoms with Crippen LogP contribution in [0.3, 0.4) is 0 Å². The largest absolute Gasteiger partial charge is 0.482 e. The Kier molecular flexibility index (Phi) is 12.5. The Balaban J connectivity index is 0.822. The fraction of sp³-hybridized carbons (Fsp3) is 0.102. The highest BCUT2D eigenvalue weighted by Gasteiger charge is 2.43. The molecule has 2 amide bonds. The first-order valence-corrected chi connectivity index (χ1v) is 21.7. The lowest BCUT2D eigenvalue weighted by molar-refractivity contribution is -0.187. The minimum absolute atomic E-state index is 0.0150. The average Bonchev–Trinajstić information content (AvgIpc) is 4.09. The maximum absolute atomic E-state index is 15.5. The Morgan fingerprint density at radius 2 is 1.16 bits per heavy atom. The lowest BCUT2D eigenvalue weighted by Gasteiger charge is -2.18. The minimum Gasteiger partial charge on any atom is -0.458 e. The van der Waals surface area contributed by atoms with Crippen molar-refractivity contribution >= 4 is 45.5 Å². The van der Waals surface area contributed by atoms with Crippen LogP contribution in [0.1, 0.15) is 11.4 Å². The van der Waals surface area contributed by atoms with Crippen molar-refractivity contribution in [3.63, 3.8) is 0 Å². The van der Waals surface area contributed by atoms with Gasteiger partial charge in [-0.2, -0.15) is 27.5 Å². The van der Waals surface area contributed by atoms with Crippen molar-refractivity contribution < 1.29 is 50.5 Å². The van der Waals surface area contributed by atoms with Gasteiger partial charge in [0.15, 0.2) is 0 Å². The average molecular weight is 996 g/mol. The molecule has 0 spiro atoms. The standard InChI is InChI=1S/C49H34F5N13O6/c1-65-45(62-63-64-65)67-39-26-31(50)20-22-37(39)59-47(67)71-28-33-12-9-17-41(57-33)61-44(69)49(53,54)73-35-15-7-10-29(24-35)30-19-21-36-38(25-30)66(42-18-5-6-23-55-42)46(58-36)70-27-32-11-8-16-40(56-32)60-43(68)48(51,52)72-34-13-3-2-4-14-34/h2-26H,27-28H2,1H3,(H,56,60,68)(H,57,61,69). The van der Waals surface area contributed by atoms with E-state index in [4.69, 9.17) is 14.2 Å². The van der Waals surface area contributed by atoms with Crippen LogP contribution < -0.4 is 29.6 Å². The summed E-state index contributed by atoms with van der Waals surface area (Å²) in [6, 6.07) is 35.8. The summed E-state index contributed by atoms with van der Waals surface area (Å²) in [7, 11) is 1.57. The van der Waals surface area contributed by atoms with Gasteiger partial charge in [-0.3, -0.25) is 9.59 Å². The monoisotopic (exact) mass is 995 g/mol. The Bertz CT molecular complexity index is 3650. The van der Waals surface area contributed by atoms with Crippen molar-refractivity contribution in [2.75, 3.05) is 10.6 Å². The van der Waals surface area contributed by atoms with E-state index < -0.39 is 29.8 Å². The normalized spacial score (nSPS) is 11.6. The number of hydrogen-bond donors (Lipinski definition) is 2. The maximum atomic E-state index is 15.5. The van der Waals surface area contributed by atoms with E-state index in [-0.39, 0.29) is 65.7 Å². The fourth-order valence-corrected chi connectivity index (χ4v) is 7.30. The van der Waals surface area contributed by atoms with Crippen molar-refractivity contribution in [3.05, 3.63) is 169 Å². The van der Waals surface area contributed by atoms with Crippen molar-refractivity contribution in [2.45, 2.75) is 25.4 Å². The topological polar surface area (TPSA) is 213 Å². The number of amides is 2. The molecule has 0 unspecified atom stereocenters. The highest BCUT2D eigenvalue weighted by atomic mass is 19.3. The first-order valence-electron chi connectivity index (χ1n) is 21.7. The van der Waals surface area contributed by atoms with Crippen LogP contribution in [-0.2, 0) is 29.9 Å². The molecule has 6 heterocycles. The van der Waals surface area contributed by atoms with E-state index in [1.54, 1.807) is 72.4 Å². The number of carbonyl (C=O) groups excluding carboxylic acids is 2. The fourth-order valence-electron chi connectivity index (χ4n) is 7.30. The van der Waals surface area contributed by atoms with Crippen LogP contribution in [0, 0.1) is 5.82 Å². The summed E-state index contributed by atoms with van der Waals surface area (Å²) >= 11 is 0. The van der Waals surface area contributed by atoms with Gasteiger partial charge in [0, 0.05) is 19.3 Å². The van der Waals surface area contributed by atoms with E-state index >= 15 is 8.78 Å². The lowest BCUT2D eigenvalue weighted by atomic mass is 10.0. The van der Waals surface area contributed by atoms with E-state index in [0.29, 0.717) is 39.0 Å². The molecule has 2 N–H and O–H groups in total. The number of pyridine rings is 3. The van der Waals surface area contributed by atoms with Crippen molar-refractivity contribution in [2.24, 2.45) is 7.05 Å². The molecule has 6 aromatic heterocycles. The van der Waals surface area contributed by atoms with Gasteiger partial charge in [-0.1, -0.05) is 59.7 Å². The van der Waals surface area contributed by atoms with Crippen LogP contribution >= 0.6 is 0 Å². The second kappa shape index (κ2) is 19.5. The van der Waals surface area contributed by atoms with Crippen molar-refractivity contribution in [3.8, 4) is 46.4 Å². The molecule has 24 heteroatoms. The van der Waals surface area contributed by atoms with E-state index in [1.165, 1.54) is 100 Å². The number of alkyl halides is 4. The third-order valence-corrected chi connectivity index (χ3v) is 10.6. The molecule has 19 nitrogen and oxygen atoms in total. The summed E-state index contributed by atoms with van der Waals surface area (Å²) in [6.45, 7) is -0.475. The van der Waals surface area contributed by atoms with Crippen LogP contribution in [0.5, 0.6) is 23.5 Å². The molecule has 0 aliphatic heterocycles. The number of aryl methyl sites for hydroxylation is 1. The van der Waals surface area contributed by atoms with Gasteiger partial charge in [-0.15, -0.1) is 0 Å². The number of tetrazole rings is 1. The number of imidazole rings is 2. The van der Waals surface area contributed by atoms with E-state index in [2.05, 4.69) is 55.8 Å². The highest BCUT2D eigenvalue weighted by molar-refractivity contribution is 5.95. The van der Waals surface area contributed by atoms with Crippen LogP contribution in [-0.4, -0.2) is 78.3 Å². The highest BCUT2D eigenvalue weighted by Crippen LogP contribution is 2.34. The number of halogens is 5. The van der Waals surface area contributed by atoms with Gasteiger partial charge >= 0.3 is 36.1 Å². The Labute approximate surface area is 407 Å². The van der Waals surface area contributed by atoms with Crippen LogP contribution in [0.4, 0.5) is 33.6 Å². The molecule has 0 saturated heterocycles. The third kappa shape index (κ3) is 10.2. The van der Waals surface area contributed by atoms with E-state index in [0.717, 1.165) is 0 Å². The Morgan fingerprint density at radius 1 is 0.589 bits per heavy atom. The van der Waals surface area contributed by atoms with Gasteiger partial charge in [0.1, 0.15) is 48.0 Å². The summed E-state index contributed by atoms with van der Waals surface area (Å²) in [6.07, 6.45) is -7.03. The number of fused-ring (bicyclic) bond motifs is 2. The zero-order valence-corrected chi connectivity index (χ0v) is 37.6. The smallest absolute Gasteiger partial charge is 0.458 e. The number of anilines is 2. The van der Waals surface area contributed by atoms with Gasteiger partial charge in [0.25, 0.3) is 5.95 Å². The van der Waals surface area contributed by atoms with Crippen LogP contribution in [0.2, 0.25) is 0 Å². The Morgan fingerprint density at radius 3 is 1.79 bits per heavy atom. The molecule has 0 fully saturated rings. The predicted molar refractivity (Wildman–Crippen MR) is 250 cm³/mol. The summed E-state index contributed by atoms with van der Waals surface area (Å²) in [5.74, 6) is -4.46. The van der Waals surface area contributed by atoms with Gasteiger partial charge < -0.3 is 29.6 Å². The molecule has 366 valence electrons. The number of nitrogens with zero attached hydrogens (tertiary/aromatic N) is 11. The van der Waals surface area contributed by atoms with Crippen molar-refractivity contribution in [1.29, 1.82) is 0 Å². The van der Waals surface area contributed by atoms with E-state index in [9.17, 15) is 22.8 Å². The summed E-state index contributed by atoms with van der Waals surface area (Å²) < 4.78 is 101. The molecule has 0 atom stereocenters. The second-order valence-corrected chi connectivity index (χ2v) is 15.7. The third-order valence-electron chi connectivity index (χ3n) is 10.6. The minimum atomic E-state index is -4.38. The molecule has 10 aromatic rings. The first kappa shape index (κ1) is 46.8. The van der Waals surface area contributed by atoms with Gasteiger partial charge in [0.2, 0.25) is 0 Å². The molecule has 10 rings (SSSR count). The number of carbonyl (C=O) groups is 2. The predicted octanol–water partition coefficient (Wildman–Crippen LogP) is 8.26. The van der Waals surface area contributed by atoms with E-state index in [1.807, 2.05) is 0 Å². The van der Waals surface area contributed by atoms with Gasteiger partial charge in [-0.25, -0.2) is 33.2 Å². The molecule has 73 heavy (non-hydrogen) atoms. The molecule has 0 aliphatic carbocycles. The number of rotatable bonds is 17. The molecule has 0 radical (unpaired) electrons. The molecular formula is C49H34F5N13O6. The number of hydrogen-bond acceptors (Lipinski definition) is 14. The quantitative estimate of drug-likeness (QED) is 0.0823. The summed E-state index contributed by atoms with van der Waals surface area (Å²) in [5.41, 5.74) is 3.06. The molecule has 0 saturated carbocycles. The zero-order valence-electron chi connectivity index (χ0n) is 37.6. The van der Waals surface area contributed by atoms with Gasteiger partial charge in [0.05, 0.1) is 33.5 Å². The van der Waals surface area contributed by atoms with Crippen LogP contribution in [0.15, 0.2) is 152 Å². The number of benzene rings is 4. The number of aromatic nitrogens is 11. The molecule has 4 aromatic carbocycles. The number of nitrogens with one attached hydrogen (secondary N) is 2. The van der Waals surface area contributed by atoms with Crippen LogP contribution in [0.25, 0.3) is 45.0 Å². The van der Waals surface area contributed by atoms with Crippen molar-refractivity contribution in [1.82, 2.24) is 54.3 Å². The maximum Gasteiger partial charge on any atom is 0.482 e. The second-order valence-electron chi connectivity index (χ2n) is 15.7. The molecular weight excluding hydrogens is 962 g/mol. The summed E-state index contributed by atoms with van der Waals surface area (Å²) in [5, 5.41) is 15.6. The number of para-hydroxylation sites is 1. The SMILES string of the molecule is Cn1nnnc1-n1c(OCc2cccc(NC(=O)C(F)(F)Oc3cccc(-c4ccc5nc(OCc6cccc(NC(=O)C(F)(F)Oc7ccccc7)n6)n(-c6ccccn6)c5c4)c3)n2)nc2ccc(F)cc21. The number of ether oxygens (including phenoxy) is 4. The first-order chi connectivity index (χ1) is 35.3. The molecule has 0 bridgehead atoms.